The number of carbonyl (C=O) groups excluding carboxylic acids is 3. The first-order chi connectivity index (χ1) is 14.9. The molecule has 0 aliphatic carbocycles. The van der Waals surface area contributed by atoms with Gasteiger partial charge in [0.05, 0.1) is 31.0 Å². The van der Waals surface area contributed by atoms with Crippen molar-refractivity contribution >= 4 is 29.1 Å². The minimum absolute atomic E-state index is 0.123. The van der Waals surface area contributed by atoms with E-state index in [-0.39, 0.29) is 28.2 Å². The summed E-state index contributed by atoms with van der Waals surface area (Å²) in [6, 6.07) is 15.4. The van der Waals surface area contributed by atoms with Crippen LogP contribution in [-0.4, -0.2) is 37.0 Å². The molecule has 0 unspecified atom stereocenters. The minimum atomic E-state index is -0.541. The molecule has 0 fully saturated rings. The molecule has 156 valence electrons. The zero-order valence-electron chi connectivity index (χ0n) is 16.7. The number of aromatic hydroxyl groups is 1. The molecule has 0 atom stereocenters. The zero-order chi connectivity index (χ0) is 22.1. The first kappa shape index (κ1) is 20.0. The predicted molar refractivity (Wildman–Crippen MR) is 113 cm³/mol. The molecule has 3 amide bonds. The molecule has 0 bridgehead atoms. The number of methoxy groups -OCH3 is 2. The van der Waals surface area contributed by atoms with Gasteiger partial charge in [-0.2, -0.15) is 0 Å². The van der Waals surface area contributed by atoms with Gasteiger partial charge in [0, 0.05) is 17.3 Å². The summed E-state index contributed by atoms with van der Waals surface area (Å²) in [7, 11) is 2.88. The van der Waals surface area contributed by atoms with E-state index in [0.717, 1.165) is 4.90 Å². The van der Waals surface area contributed by atoms with Crippen molar-refractivity contribution in [2.75, 3.05) is 24.4 Å². The zero-order valence-corrected chi connectivity index (χ0v) is 16.7. The number of fused-ring (bicyclic) bond motifs is 1. The molecule has 2 N–H and O–H groups in total. The fraction of sp³-hybridized carbons (Fsp3) is 0.0870. The highest BCUT2D eigenvalue weighted by Gasteiger charge is 2.38. The molecule has 0 saturated heterocycles. The number of nitrogens with zero attached hydrogens (tertiary/aromatic N) is 1. The van der Waals surface area contributed by atoms with Crippen LogP contribution >= 0.6 is 0 Å². The standard InChI is InChI=1S/C23H18N2O6/c1-30-19-6-4-3-5-17(19)25-22(28)15-9-7-13(11-16(15)23(25)29)21(27)24-14-8-10-20(31-2)18(26)12-14/h3-12,26H,1-2H3,(H,24,27). The largest absolute Gasteiger partial charge is 0.504 e. The molecule has 3 aromatic carbocycles. The number of hydrogen-bond acceptors (Lipinski definition) is 6. The molecule has 3 aromatic rings. The van der Waals surface area contributed by atoms with Gasteiger partial charge >= 0.3 is 0 Å². The number of imide groups is 1. The van der Waals surface area contributed by atoms with E-state index < -0.39 is 17.7 Å². The topological polar surface area (TPSA) is 105 Å². The van der Waals surface area contributed by atoms with E-state index in [4.69, 9.17) is 9.47 Å². The predicted octanol–water partition coefficient (Wildman–Crippen LogP) is 3.46. The number of carbonyl (C=O) groups is 3. The SMILES string of the molecule is COc1ccc(NC(=O)c2ccc3c(c2)C(=O)N(c2ccccc2OC)C3=O)cc1O. The van der Waals surface area contributed by atoms with Crippen LogP contribution in [0, 0.1) is 0 Å². The average Bonchev–Trinajstić information content (AvgIpc) is 3.03. The van der Waals surface area contributed by atoms with Crippen molar-refractivity contribution < 1.29 is 29.0 Å². The molecular weight excluding hydrogens is 400 g/mol. The monoisotopic (exact) mass is 418 g/mol. The lowest BCUT2D eigenvalue weighted by Crippen LogP contribution is -2.29. The Labute approximate surface area is 177 Å². The fourth-order valence-electron chi connectivity index (χ4n) is 3.39. The lowest BCUT2D eigenvalue weighted by molar-refractivity contribution is 0.0924. The molecule has 1 aliphatic rings. The van der Waals surface area contributed by atoms with Gasteiger partial charge < -0.3 is 19.9 Å². The summed E-state index contributed by atoms with van der Waals surface area (Å²) in [5.74, 6) is -0.992. The first-order valence-electron chi connectivity index (χ1n) is 9.28. The van der Waals surface area contributed by atoms with Crippen LogP contribution in [0.4, 0.5) is 11.4 Å². The summed E-state index contributed by atoms with van der Waals surface area (Å²) in [6.07, 6.45) is 0. The number of benzene rings is 3. The van der Waals surface area contributed by atoms with Crippen molar-refractivity contribution in [3.05, 3.63) is 77.4 Å². The van der Waals surface area contributed by atoms with E-state index in [2.05, 4.69) is 5.32 Å². The number of para-hydroxylation sites is 2. The Balaban J connectivity index is 1.62. The van der Waals surface area contributed by atoms with E-state index in [1.165, 1.54) is 44.6 Å². The lowest BCUT2D eigenvalue weighted by atomic mass is 10.1. The molecule has 4 rings (SSSR count). The number of amides is 3. The van der Waals surface area contributed by atoms with E-state index in [1.807, 2.05) is 0 Å². The van der Waals surface area contributed by atoms with Crippen molar-refractivity contribution in [2.45, 2.75) is 0 Å². The number of phenolic OH excluding ortho intramolecular Hbond substituents is 1. The van der Waals surface area contributed by atoms with Crippen LogP contribution in [0.3, 0.4) is 0 Å². The summed E-state index contributed by atoms with van der Waals surface area (Å²) < 4.78 is 10.2. The van der Waals surface area contributed by atoms with Crippen LogP contribution < -0.4 is 19.7 Å². The number of ether oxygens (including phenoxy) is 2. The summed E-state index contributed by atoms with van der Waals surface area (Å²) in [5, 5.41) is 12.5. The second kappa shape index (κ2) is 7.83. The Hall–Kier alpha value is -4.33. The maximum atomic E-state index is 13.0. The van der Waals surface area contributed by atoms with Crippen molar-refractivity contribution in [1.82, 2.24) is 0 Å². The highest BCUT2D eigenvalue weighted by molar-refractivity contribution is 6.35. The van der Waals surface area contributed by atoms with Crippen LogP contribution in [0.5, 0.6) is 17.2 Å². The second-order valence-electron chi connectivity index (χ2n) is 6.72. The maximum Gasteiger partial charge on any atom is 0.266 e. The van der Waals surface area contributed by atoms with Crippen molar-refractivity contribution in [3.8, 4) is 17.2 Å². The first-order valence-corrected chi connectivity index (χ1v) is 9.28. The highest BCUT2D eigenvalue weighted by atomic mass is 16.5. The van der Waals surface area contributed by atoms with E-state index in [9.17, 15) is 19.5 Å². The Morgan fingerprint density at radius 1 is 0.871 bits per heavy atom. The third kappa shape index (κ3) is 3.44. The number of phenols is 1. The van der Waals surface area contributed by atoms with Gasteiger partial charge in [0.25, 0.3) is 17.7 Å². The Bertz CT molecular complexity index is 1220. The third-order valence-corrected chi connectivity index (χ3v) is 4.91. The molecule has 1 heterocycles. The van der Waals surface area contributed by atoms with E-state index >= 15 is 0 Å². The summed E-state index contributed by atoms with van der Waals surface area (Å²) in [4.78, 5) is 39.6. The molecule has 0 saturated carbocycles. The van der Waals surface area contributed by atoms with Crippen LogP contribution in [0.2, 0.25) is 0 Å². The second-order valence-corrected chi connectivity index (χ2v) is 6.72. The summed E-state index contributed by atoms with van der Waals surface area (Å²) in [5.41, 5.74) is 1.20. The smallest absolute Gasteiger partial charge is 0.266 e. The van der Waals surface area contributed by atoms with Gasteiger partial charge in [-0.15, -0.1) is 0 Å². The minimum Gasteiger partial charge on any atom is -0.504 e. The fourth-order valence-corrected chi connectivity index (χ4v) is 3.39. The van der Waals surface area contributed by atoms with E-state index in [1.54, 1.807) is 30.3 Å². The molecule has 1 aliphatic heterocycles. The van der Waals surface area contributed by atoms with Gasteiger partial charge in [-0.3, -0.25) is 14.4 Å². The van der Waals surface area contributed by atoms with Gasteiger partial charge in [-0.05, 0) is 42.5 Å². The van der Waals surface area contributed by atoms with E-state index in [0.29, 0.717) is 17.1 Å². The molecular formula is C23H18N2O6. The summed E-state index contributed by atoms with van der Waals surface area (Å²) in [6.45, 7) is 0. The van der Waals surface area contributed by atoms with Crippen LogP contribution in [-0.2, 0) is 0 Å². The Kier molecular flexibility index (Phi) is 5.04. The normalized spacial score (nSPS) is 12.5. The molecule has 8 heteroatoms. The highest BCUT2D eigenvalue weighted by Crippen LogP contribution is 2.35. The van der Waals surface area contributed by atoms with Crippen molar-refractivity contribution in [1.29, 1.82) is 0 Å². The van der Waals surface area contributed by atoms with Crippen LogP contribution in [0.1, 0.15) is 31.1 Å². The molecule has 0 radical (unpaired) electrons. The lowest BCUT2D eigenvalue weighted by Gasteiger charge is -2.16. The Morgan fingerprint density at radius 2 is 1.58 bits per heavy atom. The van der Waals surface area contributed by atoms with Gasteiger partial charge in [0.1, 0.15) is 5.75 Å². The number of rotatable bonds is 5. The molecule has 0 spiro atoms. The van der Waals surface area contributed by atoms with Gasteiger partial charge in [0.2, 0.25) is 0 Å². The number of nitrogens with one attached hydrogen (secondary N) is 1. The molecule has 31 heavy (non-hydrogen) atoms. The van der Waals surface area contributed by atoms with Gasteiger partial charge in [-0.25, -0.2) is 4.90 Å². The van der Waals surface area contributed by atoms with Crippen molar-refractivity contribution in [2.24, 2.45) is 0 Å². The average molecular weight is 418 g/mol. The van der Waals surface area contributed by atoms with Gasteiger partial charge in [0.15, 0.2) is 11.5 Å². The maximum absolute atomic E-state index is 13.0. The van der Waals surface area contributed by atoms with Crippen LogP contribution in [0.15, 0.2) is 60.7 Å². The number of hydrogen-bond donors (Lipinski definition) is 2. The van der Waals surface area contributed by atoms with Crippen molar-refractivity contribution in [3.63, 3.8) is 0 Å². The summed E-state index contributed by atoms with van der Waals surface area (Å²) >= 11 is 0. The number of anilines is 2. The Morgan fingerprint density at radius 3 is 2.29 bits per heavy atom. The quantitative estimate of drug-likeness (QED) is 0.615. The van der Waals surface area contributed by atoms with Crippen LogP contribution in [0.25, 0.3) is 0 Å². The third-order valence-electron chi connectivity index (χ3n) is 4.91. The molecule has 8 nitrogen and oxygen atoms in total. The molecule has 0 aromatic heterocycles. The van der Waals surface area contributed by atoms with Gasteiger partial charge in [-0.1, -0.05) is 12.1 Å².